The van der Waals surface area contributed by atoms with Crippen LogP contribution in [0.15, 0.2) is 0 Å². The van der Waals surface area contributed by atoms with Gasteiger partial charge >= 0.3 is 0 Å². The van der Waals surface area contributed by atoms with Crippen LogP contribution in [-0.2, 0) is 0 Å². The third-order valence-electron chi connectivity index (χ3n) is 4.27. The molecule has 1 saturated heterocycles. The molecule has 1 heterocycles. The highest BCUT2D eigenvalue weighted by Crippen LogP contribution is 2.33. The third-order valence-corrected chi connectivity index (χ3v) is 5.84. The molecule has 1 aliphatic rings. The summed E-state index contributed by atoms with van der Waals surface area (Å²) in [5.41, 5.74) is 6.02. The van der Waals surface area contributed by atoms with Crippen molar-refractivity contribution in [2.45, 2.75) is 63.3 Å². The molecule has 0 spiro atoms. The number of piperidine rings is 1. The molecule has 1 rings (SSSR count). The first-order valence-corrected chi connectivity index (χ1v) is 7.84. The monoisotopic (exact) mass is 244 g/mol. The number of rotatable bonds is 5. The summed E-state index contributed by atoms with van der Waals surface area (Å²) in [5.74, 6) is 0. The second kappa shape index (κ2) is 6.27. The van der Waals surface area contributed by atoms with Crippen LogP contribution in [0.4, 0.5) is 0 Å². The van der Waals surface area contributed by atoms with E-state index in [4.69, 9.17) is 5.73 Å². The lowest BCUT2D eigenvalue weighted by Gasteiger charge is -2.42. The first-order chi connectivity index (χ1) is 7.56. The van der Waals surface area contributed by atoms with E-state index in [0.29, 0.717) is 16.8 Å². The molecule has 2 atom stereocenters. The summed E-state index contributed by atoms with van der Waals surface area (Å²) >= 11 is 2.04. The van der Waals surface area contributed by atoms with Crippen molar-refractivity contribution < 1.29 is 0 Å². The Morgan fingerprint density at radius 2 is 2.00 bits per heavy atom. The van der Waals surface area contributed by atoms with Crippen molar-refractivity contribution in [3.63, 3.8) is 0 Å². The molecule has 16 heavy (non-hydrogen) atoms. The Kier molecular flexibility index (Phi) is 5.62. The topological polar surface area (TPSA) is 29.3 Å². The zero-order chi connectivity index (χ0) is 12.2. The van der Waals surface area contributed by atoms with E-state index in [9.17, 15) is 0 Å². The predicted molar refractivity (Wildman–Crippen MR) is 75.1 cm³/mol. The predicted octanol–water partition coefficient (Wildman–Crippen LogP) is 2.72. The fourth-order valence-corrected chi connectivity index (χ4v) is 3.56. The Morgan fingerprint density at radius 1 is 1.38 bits per heavy atom. The van der Waals surface area contributed by atoms with Crippen LogP contribution in [0.1, 0.15) is 46.5 Å². The summed E-state index contributed by atoms with van der Waals surface area (Å²) in [5, 5.41) is 0. The molecule has 0 aromatic carbocycles. The molecule has 1 fully saturated rings. The Hall–Kier alpha value is 0.270. The molecule has 2 N–H and O–H groups in total. The van der Waals surface area contributed by atoms with Crippen LogP contribution in [0.3, 0.4) is 0 Å². The highest BCUT2D eigenvalue weighted by molar-refractivity contribution is 8.00. The van der Waals surface area contributed by atoms with Crippen LogP contribution in [0.5, 0.6) is 0 Å². The van der Waals surface area contributed by atoms with Crippen molar-refractivity contribution in [3.05, 3.63) is 0 Å². The number of hydrogen-bond acceptors (Lipinski definition) is 3. The Morgan fingerprint density at radius 3 is 2.44 bits per heavy atom. The van der Waals surface area contributed by atoms with Gasteiger partial charge in [0.15, 0.2) is 0 Å². The number of thioether (sulfide) groups is 1. The van der Waals surface area contributed by atoms with E-state index in [1.165, 1.54) is 32.4 Å². The SMILES string of the molecule is CCC(CC)(CN1CCC(N)CC1C)SC. The minimum absolute atomic E-state index is 0.429. The lowest BCUT2D eigenvalue weighted by Crippen LogP contribution is -2.50. The highest BCUT2D eigenvalue weighted by atomic mass is 32.2. The maximum Gasteiger partial charge on any atom is 0.0279 e. The second-order valence-electron chi connectivity index (χ2n) is 5.20. The van der Waals surface area contributed by atoms with E-state index < -0.39 is 0 Å². The molecule has 96 valence electrons. The van der Waals surface area contributed by atoms with Gasteiger partial charge in [-0.25, -0.2) is 0 Å². The molecule has 0 bridgehead atoms. The molecular formula is C13H28N2S. The van der Waals surface area contributed by atoms with E-state index >= 15 is 0 Å². The van der Waals surface area contributed by atoms with Crippen molar-refractivity contribution >= 4 is 11.8 Å². The molecular weight excluding hydrogens is 216 g/mol. The number of hydrogen-bond donors (Lipinski definition) is 1. The highest BCUT2D eigenvalue weighted by Gasteiger charge is 2.32. The van der Waals surface area contributed by atoms with Gasteiger partial charge in [-0.2, -0.15) is 11.8 Å². The standard InChI is InChI=1S/C13H28N2S/c1-5-13(6-2,16-4)10-15-8-7-12(14)9-11(15)3/h11-12H,5-10,14H2,1-4H3. The van der Waals surface area contributed by atoms with E-state index in [1.54, 1.807) is 0 Å². The molecule has 1 aliphatic heterocycles. The van der Waals surface area contributed by atoms with Gasteiger partial charge in [-0.05, 0) is 45.4 Å². The van der Waals surface area contributed by atoms with Crippen molar-refractivity contribution in [1.82, 2.24) is 4.90 Å². The average molecular weight is 244 g/mol. The lowest BCUT2D eigenvalue weighted by molar-refractivity contribution is 0.131. The molecule has 0 aliphatic carbocycles. The fraction of sp³-hybridized carbons (Fsp3) is 1.00. The Bertz CT molecular complexity index is 196. The smallest absolute Gasteiger partial charge is 0.0279 e. The Balaban J connectivity index is 2.57. The fourth-order valence-electron chi connectivity index (χ4n) is 2.69. The van der Waals surface area contributed by atoms with Gasteiger partial charge in [0.25, 0.3) is 0 Å². The van der Waals surface area contributed by atoms with Gasteiger partial charge in [-0.15, -0.1) is 0 Å². The average Bonchev–Trinajstić information content (AvgIpc) is 2.29. The minimum Gasteiger partial charge on any atom is -0.328 e. The van der Waals surface area contributed by atoms with Crippen molar-refractivity contribution in [2.24, 2.45) is 5.73 Å². The third kappa shape index (κ3) is 3.38. The number of likely N-dealkylation sites (tertiary alicyclic amines) is 1. The summed E-state index contributed by atoms with van der Waals surface area (Å²) in [7, 11) is 0. The van der Waals surface area contributed by atoms with Gasteiger partial charge in [0.1, 0.15) is 0 Å². The lowest BCUT2D eigenvalue weighted by atomic mass is 9.95. The van der Waals surface area contributed by atoms with Crippen LogP contribution in [0.25, 0.3) is 0 Å². The first-order valence-electron chi connectivity index (χ1n) is 6.61. The summed E-state index contributed by atoms with van der Waals surface area (Å²) < 4.78 is 0.454. The van der Waals surface area contributed by atoms with Crippen LogP contribution in [0, 0.1) is 0 Å². The molecule has 0 radical (unpaired) electrons. The molecule has 0 aromatic heterocycles. The number of nitrogens with two attached hydrogens (primary N) is 1. The summed E-state index contributed by atoms with van der Waals surface area (Å²) in [6.07, 6.45) is 7.12. The number of nitrogens with zero attached hydrogens (tertiary/aromatic N) is 1. The maximum atomic E-state index is 6.02. The van der Waals surface area contributed by atoms with Gasteiger partial charge in [-0.1, -0.05) is 13.8 Å². The molecule has 2 nitrogen and oxygen atoms in total. The molecule has 2 unspecified atom stereocenters. The quantitative estimate of drug-likeness (QED) is 0.806. The van der Waals surface area contributed by atoms with Crippen LogP contribution in [-0.4, -0.2) is 41.1 Å². The van der Waals surface area contributed by atoms with E-state index in [2.05, 4.69) is 31.9 Å². The zero-order valence-corrected chi connectivity index (χ0v) is 12.1. The van der Waals surface area contributed by atoms with E-state index in [1.807, 2.05) is 11.8 Å². The summed E-state index contributed by atoms with van der Waals surface area (Å²) in [4.78, 5) is 2.65. The minimum atomic E-state index is 0.429. The second-order valence-corrected chi connectivity index (χ2v) is 6.47. The van der Waals surface area contributed by atoms with Gasteiger partial charge in [0, 0.05) is 23.4 Å². The van der Waals surface area contributed by atoms with Crippen LogP contribution >= 0.6 is 11.8 Å². The van der Waals surface area contributed by atoms with E-state index in [-0.39, 0.29) is 0 Å². The first kappa shape index (κ1) is 14.3. The molecule has 0 saturated carbocycles. The maximum absolute atomic E-state index is 6.02. The van der Waals surface area contributed by atoms with Gasteiger partial charge in [-0.3, -0.25) is 4.90 Å². The van der Waals surface area contributed by atoms with Gasteiger partial charge < -0.3 is 5.73 Å². The van der Waals surface area contributed by atoms with E-state index in [0.717, 1.165) is 6.42 Å². The van der Waals surface area contributed by atoms with Gasteiger partial charge in [0.05, 0.1) is 0 Å². The summed E-state index contributed by atoms with van der Waals surface area (Å²) in [6, 6.07) is 1.09. The molecule has 3 heteroatoms. The van der Waals surface area contributed by atoms with Crippen molar-refractivity contribution in [3.8, 4) is 0 Å². The van der Waals surface area contributed by atoms with Gasteiger partial charge in [0.2, 0.25) is 0 Å². The largest absolute Gasteiger partial charge is 0.328 e. The van der Waals surface area contributed by atoms with Crippen molar-refractivity contribution in [2.75, 3.05) is 19.3 Å². The van der Waals surface area contributed by atoms with Crippen LogP contribution < -0.4 is 5.73 Å². The van der Waals surface area contributed by atoms with Crippen LogP contribution in [0.2, 0.25) is 0 Å². The Labute approximate surface area is 105 Å². The summed E-state index contributed by atoms with van der Waals surface area (Å²) in [6.45, 7) is 9.38. The van der Waals surface area contributed by atoms with Crippen molar-refractivity contribution in [1.29, 1.82) is 0 Å². The molecule has 0 aromatic rings. The molecule has 0 amide bonds. The zero-order valence-electron chi connectivity index (χ0n) is 11.3. The normalized spacial score (nSPS) is 28.3.